The maximum atomic E-state index is 12.5. The molecule has 2 aliphatic heterocycles. The molecule has 2 saturated heterocycles. The number of hydrogen-bond donors (Lipinski definition) is 0. The van der Waals surface area contributed by atoms with Gasteiger partial charge in [-0.15, -0.1) is 0 Å². The summed E-state index contributed by atoms with van der Waals surface area (Å²) in [7, 11) is 0. The molecular formula is C16H21BrNO+. The Morgan fingerprint density at radius 2 is 2.00 bits per heavy atom. The number of hydrogen-bond acceptors (Lipinski definition) is 1. The summed E-state index contributed by atoms with van der Waals surface area (Å²) in [4.78, 5) is 12.5. The monoisotopic (exact) mass is 322 g/mol. The molecule has 2 fully saturated rings. The van der Waals surface area contributed by atoms with Crippen LogP contribution < -0.4 is 0 Å². The van der Waals surface area contributed by atoms with Gasteiger partial charge in [0.25, 0.3) is 0 Å². The van der Waals surface area contributed by atoms with Gasteiger partial charge in [0.1, 0.15) is 6.54 Å². The zero-order valence-electron chi connectivity index (χ0n) is 11.4. The first kappa shape index (κ1) is 13.3. The average Bonchev–Trinajstić information content (AvgIpc) is 2.92. The summed E-state index contributed by atoms with van der Waals surface area (Å²) in [5.74, 6) is 1.11. The van der Waals surface area contributed by atoms with E-state index in [9.17, 15) is 4.79 Å². The molecular weight excluding hydrogens is 302 g/mol. The van der Waals surface area contributed by atoms with Crippen molar-refractivity contribution >= 4 is 21.7 Å². The summed E-state index contributed by atoms with van der Waals surface area (Å²) in [5.41, 5.74) is 0.862. The van der Waals surface area contributed by atoms with Crippen molar-refractivity contribution in [2.24, 2.45) is 5.92 Å². The minimum Gasteiger partial charge on any atom is -0.314 e. The number of benzene rings is 1. The maximum Gasteiger partial charge on any atom is 0.216 e. The normalized spacial score (nSPS) is 33.4. The van der Waals surface area contributed by atoms with Crippen molar-refractivity contribution in [1.82, 2.24) is 0 Å². The van der Waals surface area contributed by atoms with Gasteiger partial charge in [-0.2, -0.15) is 0 Å². The first-order chi connectivity index (χ1) is 9.11. The fourth-order valence-electron chi connectivity index (χ4n) is 4.10. The van der Waals surface area contributed by atoms with Crippen molar-refractivity contribution < 1.29 is 9.28 Å². The van der Waals surface area contributed by atoms with Crippen LogP contribution in [0.2, 0.25) is 0 Å². The van der Waals surface area contributed by atoms with Crippen LogP contribution in [0, 0.1) is 5.92 Å². The summed E-state index contributed by atoms with van der Waals surface area (Å²) in [6.45, 7) is 5.47. The maximum absolute atomic E-state index is 12.5. The Hall–Kier alpha value is -0.670. The topological polar surface area (TPSA) is 17.1 Å². The van der Waals surface area contributed by atoms with Gasteiger partial charge in [-0.05, 0) is 12.1 Å². The van der Waals surface area contributed by atoms with Gasteiger partial charge >= 0.3 is 0 Å². The van der Waals surface area contributed by atoms with E-state index in [0.717, 1.165) is 26.5 Å². The van der Waals surface area contributed by atoms with Gasteiger partial charge in [0.15, 0.2) is 0 Å². The molecule has 1 aromatic rings. The van der Waals surface area contributed by atoms with Gasteiger partial charge in [-0.3, -0.25) is 4.79 Å². The van der Waals surface area contributed by atoms with Crippen molar-refractivity contribution in [1.29, 1.82) is 0 Å². The van der Waals surface area contributed by atoms with E-state index in [0.29, 0.717) is 12.3 Å². The van der Waals surface area contributed by atoms with Crippen LogP contribution >= 0.6 is 15.9 Å². The minimum absolute atomic E-state index is 0.313. The van der Waals surface area contributed by atoms with Gasteiger partial charge in [-0.25, -0.2) is 0 Å². The predicted molar refractivity (Wildman–Crippen MR) is 80.1 cm³/mol. The van der Waals surface area contributed by atoms with Crippen molar-refractivity contribution in [3.8, 4) is 0 Å². The smallest absolute Gasteiger partial charge is 0.216 e. The second-order valence-electron chi connectivity index (χ2n) is 6.23. The molecule has 0 spiro atoms. The largest absolute Gasteiger partial charge is 0.314 e. The predicted octanol–water partition coefficient (Wildman–Crippen LogP) is 3.65. The molecule has 0 bridgehead atoms. The summed E-state index contributed by atoms with van der Waals surface area (Å²) in [6.07, 6.45) is 3.90. The third kappa shape index (κ3) is 2.38. The zero-order valence-corrected chi connectivity index (χ0v) is 13.0. The molecule has 3 rings (SSSR count). The highest BCUT2D eigenvalue weighted by atomic mass is 79.9. The third-order valence-electron chi connectivity index (χ3n) is 5.12. The molecule has 3 unspecified atom stereocenters. The molecule has 0 saturated carbocycles. The highest BCUT2D eigenvalue weighted by Gasteiger charge is 2.50. The second-order valence-corrected chi connectivity index (χ2v) is 7.15. The van der Waals surface area contributed by atoms with Crippen LogP contribution in [-0.4, -0.2) is 35.9 Å². The molecule has 0 radical (unpaired) electrons. The lowest BCUT2D eigenvalue weighted by atomic mass is 10.0. The van der Waals surface area contributed by atoms with Gasteiger partial charge in [0.05, 0.1) is 19.1 Å². The summed E-state index contributed by atoms with van der Waals surface area (Å²) in [6, 6.07) is 8.53. The van der Waals surface area contributed by atoms with E-state index in [2.05, 4.69) is 22.9 Å². The van der Waals surface area contributed by atoms with Gasteiger partial charge < -0.3 is 4.48 Å². The Kier molecular flexibility index (Phi) is 3.52. The van der Waals surface area contributed by atoms with E-state index in [1.54, 1.807) is 0 Å². The summed E-state index contributed by atoms with van der Waals surface area (Å²) in [5, 5.41) is 0. The number of carbonyl (C=O) groups is 1. The van der Waals surface area contributed by atoms with Crippen LogP contribution in [0.3, 0.4) is 0 Å². The zero-order chi connectivity index (χ0) is 13.5. The molecule has 0 aromatic heterocycles. The first-order valence-corrected chi connectivity index (χ1v) is 8.05. The molecule has 2 aliphatic rings. The van der Waals surface area contributed by atoms with E-state index >= 15 is 0 Å². The standard InChI is InChI=1S/C16H21BrNO/c1-12-8-10-18(9-2-3-15(12)18)11-16(19)13-4-6-14(17)7-5-13/h4-7,12,15H,2-3,8-11H2,1H3/q+1. The Bertz CT molecular complexity index is 484. The number of carbonyl (C=O) groups excluding carboxylic acids is 1. The number of halogens is 1. The van der Waals surface area contributed by atoms with Crippen LogP contribution in [0.1, 0.15) is 36.5 Å². The van der Waals surface area contributed by atoms with Crippen molar-refractivity contribution in [3.63, 3.8) is 0 Å². The van der Waals surface area contributed by atoms with E-state index in [1.165, 1.54) is 32.4 Å². The van der Waals surface area contributed by atoms with Crippen molar-refractivity contribution in [3.05, 3.63) is 34.3 Å². The Morgan fingerprint density at radius 1 is 1.26 bits per heavy atom. The third-order valence-corrected chi connectivity index (χ3v) is 5.65. The number of nitrogens with zero attached hydrogens (tertiary/aromatic N) is 1. The lowest BCUT2D eigenvalue weighted by molar-refractivity contribution is -0.921. The number of quaternary nitrogens is 1. The SMILES string of the molecule is CC1CC[N+]2(CC(=O)c3ccc(Br)cc3)CCCC12. The van der Waals surface area contributed by atoms with Crippen LogP contribution in [0.15, 0.2) is 28.7 Å². The Labute approximate surface area is 123 Å². The molecule has 0 N–H and O–H groups in total. The van der Waals surface area contributed by atoms with E-state index in [1.807, 2.05) is 24.3 Å². The average molecular weight is 323 g/mol. The van der Waals surface area contributed by atoms with Crippen LogP contribution in [0.25, 0.3) is 0 Å². The van der Waals surface area contributed by atoms with Crippen LogP contribution in [0.5, 0.6) is 0 Å². The molecule has 2 nitrogen and oxygen atoms in total. The molecule has 19 heavy (non-hydrogen) atoms. The lowest BCUT2D eigenvalue weighted by Crippen LogP contribution is -2.51. The number of rotatable bonds is 3. The molecule has 0 aliphatic carbocycles. The highest BCUT2D eigenvalue weighted by molar-refractivity contribution is 9.10. The Morgan fingerprint density at radius 3 is 2.74 bits per heavy atom. The molecule has 0 amide bonds. The van der Waals surface area contributed by atoms with Gasteiger partial charge in [-0.1, -0.05) is 35.0 Å². The quantitative estimate of drug-likeness (QED) is 0.613. The van der Waals surface area contributed by atoms with Crippen molar-refractivity contribution in [2.75, 3.05) is 19.6 Å². The number of ketones is 1. The van der Waals surface area contributed by atoms with Gasteiger partial charge in [0.2, 0.25) is 5.78 Å². The second kappa shape index (κ2) is 5.02. The molecule has 3 atom stereocenters. The molecule has 2 heterocycles. The highest BCUT2D eigenvalue weighted by Crippen LogP contribution is 2.40. The lowest BCUT2D eigenvalue weighted by Gasteiger charge is -2.35. The van der Waals surface area contributed by atoms with E-state index in [-0.39, 0.29) is 0 Å². The Balaban J connectivity index is 1.77. The summed E-state index contributed by atoms with van der Waals surface area (Å²) < 4.78 is 2.10. The van der Waals surface area contributed by atoms with Crippen LogP contribution in [-0.2, 0) is 0 Å². The summed E-state index contributed by atoms with van der Waals surface area (Å²) >= 11 is 3.42. The number of fused-ring (bicyclic) bond motifs is 1. The van der Waals surface area contributed by atoms with Crippen LogP contribution in [0.4, 0.5) is 0 Å². The fraction of sp³-hybridized carbons (Fsp3) is 0.562. The van der Waals surface area contributed by atoms with E-state index < -0.39 is 0 Å². The van der Waals surface area contributed by atoms with E-state index in [4.69, 9.17) is 0 Å². The molecule has 3 heteroatoms. The van der Waals surface area contributed by atoms with Gasteiger partial charge in [0, 0.05) is 35.2 Å². The minimum atomic E-state index is 0.313. The first-order valence-electron chi connectivity index (χ1n) is 7.25. The molecule has 1 aromatic carbocycles. The van der Waals surface area contributed by atoms with Crippen molar-refractivity contribution in [2.45, 2.75) is 32.2 Å². The molecule has 102 valence electrons. The number of Topliss-reactive ketones (excluding diaryl/α,β-unsaturated/α-hetero) is 1. The fourth-order valence-corrected chi connectivity index (χ4v) is 4.36.